The number of esters is 1. The van der Waals surface area contributed by atoms with Gasteiger partial charge in [0, 0.05) is 0 Å². The Kier molecular flexibility index (Phi) is 8.44. The average Bonchev–Trinajstić information content (AvgIpc) is 2.81. The fourth-order valence-electron chi connectivity index (χ4n) is 4.06. The molecule has 6 heteroatoms. The van der Waals surface area contributed by atoms with Gasteiger partial charge in [-0.1, -0.05) is 6.07 Å². The molecular formula is C24H29N2O3Pb. The number of carbonyl (C=O) groups excluding carboxylic acids is 2. The molecule has 3 atom stereocenters. The predicted octanol–water partition coefficient (Wildman–Crippen LogP) is 2.60. The summed E-state index contributed by atoms with van der Waals surface area (Å²) in [6.45, 7) is 1.51. The molecule has 3 rings (SSSR count). The number of likely N-dealkylation sites (tertiary alicyclic amines) is 1. The molecule has 1 saturated heterocycles. The van der Waals surface area contributed by atoms with E-state index >= 15 is 0 Å². The molecular weight excluding hydrogens is 571 g/mol. The molecule has 1 aliphatic rings. The van der Waals surface area contributed by atoms with Crippen LogP contribution in [0.15, 0.2) is 60.7 Å². The summed E-state index contributed by atoms with van der Waals surface area (Å²) in [6, 6.07) is 20.0. The van der Waals surface area contributed by atoms with Crippen molar-refractivity contribution in [2.24, 2.45) is 0 Å². The summed E-state index contributed by atoms with van der Waals surface area (Å²) >= 11 is 0.707. The number of hydrogen-bond donors (Lipinski definition) is 0. The molecule has 0 aliphatic carbocycles. The van der Waals surface area contributed by atoms with Gasteiger partial charge >= 0.3 is 190 Å². The second-order valence-corrected chi connectivity index (χ2v) is 10.1. The number of benzene rings is 2. The molecule has 1 fully saturated rings. The number of amides is 1. The van der Waals surface area contributed by atoms with Gasteiger partial charge in [-0.25, -0.2) is 0 Å². The van der Waals surface area contributed by atoms with Crippen LogP contribution >= 0.6 is 0 Å². The molecule has 0 N–H and O–H groups in total. The number of likely N-dealkylation sites (N-methyl/N-ethyl adjacent to an activating group) is 1. The molecule has 2 aromatic rings. The Bertz CT molecular complexity index is 831. The third kappa shape index (κ3) is 5.69. The van der Waals surface area contributed by atoms with Crippen LogP contribution < -0.4 is 0 Å². The Labute approximate surface area is 195 Å². The van der Waals surface area contributed by atoms with Gasteiger partial charge in [-0.3, -0.25) is 0 Å². The minimum absolute atomic E-state index is 0.0497. The van der Waals surface area contributed by atoms with Crippen molar-refractivity contribution in [1.29, 1.82) is 0 Å². The van der Waals surface area contributed by atoms with Gasteiger partial charge in [-0.05, 0) is 0 Å². The van der Waals surface area contributed by atoms with Crippen LogP contribution in [-0.2, 0) is 20.7 Å². The van der Waals surface area contributed by atoms with Crippen LogP contribution in [-0.4, -0.2) is 86.8 Å². The van der Waals surface area contributed by atoms with Crippen LogP contribution in [0.4, 0.5) is 0 Å². The molecule has 157 valence electrons. The van der Waals surface area contributed by atoms with Crippen molar-refractivity contribution in [3.05, 3.63) is 71.8 Å². The fourth-order valence-corrected chi connectivity index (χ4v) is 5.45. The van der Waals surface area contributed by atoms with Crippen LogP contribution in [0.1, 0.15) is 27.4 Å². The SMILES string of the molecule is COC(=O)C1CC(N(C)CCc2ccccc2)CCN1C(=O)[CH]([Pb])c1ccccc1. The first-order valence-electron chi connectivity index (χ1n) is 10.4. The molecule has 0 bridgehead atoms. The van der Waals surface area contributed by atoms with E-state index in [0.717, 1.165) is 24.9 Å². The molecule has 30 heavy (non-hydrogen) atoms. The first-order valence-corrected chi connectivity index (χ1v) is 12.6. The van der Waals surface area contributed by atoms with Gasteiger partial charge in [-0.2, -0.15) is 0 Å². The van der Waals surface area contributed by atoms with E-state index in [1.807, 2.05) is 36.4 Å². The first kappa shape index (κ1) is 22.9. The van der Waals surface area contributed by atoms with Gasteiger partial charge in [0.2, 0.25) is 0 Å². The number of rotatable bonds is 7. The van der Waals surface area contributed by atoms with E-state index in [1.54, 1.807) is 4.90 Å². The summed E-state index contributed by atoms with van der Waals surface area (Å²) in [6.07, 6.45) is 2.45. The van der Waals surface area contributed by atoms with E-state index in [4.69, 9.17) is 4.74 Å². The van der Waals surface area contributed by atoms with E-state index in [2.05, 4.69) is 36.2 Å². The number of carbonyl (C=O) groups is 2. The van der Waals surface area contributed by atoms with Crippen molar-refractivity contribution in [2.75, 3.05) is 27.2 Å². The molecule has 2 aromatic carbocycles. The van der Waals surface area contributed by atoms with Crippen molar-refractivity contribution in [3.63, 3.8) is 0 Å². The molecule has 1 amide bonds. The zero-order valence-corrected chi connectivity index (χ0v) is 21.5. The zero-order chi connectivity index (χ0) is 21.5. The summed E-state index contributed by atoms with van der Waals surface area (Å²) in [4.78, 5) is 29.9. The minimum atomic E-state index is -0.513. The summed E-state index contributed by atoms with van der Waals surface area (Å²) in [5.41, 5.74) is 2.34. The number of methoxy groups -OCH3 is 1. The predicted molar refractivity (Wildman–Crippen MR) is 118 cm³/mol. The van der Waals surface area contributed by atoms with Gasteiger partial charge < -0.3 is 0 Å². The fraction of sp³-hybridized carbons (Fsp3) is 0.417. The van der Waals surface area contributed by atoms with Crippen molar-refractivity contribution < 1.29 is 14.3 Å². The second-order valence-electron chi connectivity index (χ2n) is 7.81. The van der Waals surface area contributed by atoms with Crippen molar-refractivity contribution >= 4 is 37.6 Å². The number of ether oxygens (including phenoxy) is 1. The molecule has 0 spiro atoms. The van der Waals surface area contributed by atoms with Crippen LogP contribution in [0.25, 0.3) is 0 Å². The third-order valence-corrected chi connectivity index (χ3v) is 8.19. The van der Waals surface area contributed by atoms with Crippen molar-refractivity contribution in [1.82, 2.24) is 9.80 Å². The summed E-state index contributed by atoms with van der Waals surface area (Å²) in [7, 11) is 3.52. The van der Waals surface area contributed by atoms with Gasteiger partial charge in [-0.15, -0.1) is 0 Å². The summed E-state index contributed by atoms with van der Waals surface area (Å²) in [5.74, 6) is -0.264. The second kappa shape index (κ2) is 11.0. The topological polar surface area (TPSA) is 49.9 Å². The van der Waals surface area contributed by atoms with Crippen molar-refractivity contribution in [2.45, 2.75) is 34.8 Å². The van der Waals surface area contributed by atoms with Gasteiger partial charge in [0.05, 0.1) is 0 Å². The van der Waals surface area contributed by atoms with Crippen LogP contribution in [0.2, 0.25) is 0 Å². The van der Waals surface area contributed by atoms with E-state index < -0.39 is 6.04 Å². The van der Waals surface area contributed by atoms with E-state index in [1.165, 1.54) is 12.7 Å². The maximum atomic E-state index is 13.3. The molecule has 0 aromatic heterocycles. The van der Waals surface area contributed by atoms with Crippen LogP contribution in [0.3, 0.4) is 0 Å². The van der Waals surface area contributed by atoms with Gasteiger partial charge in [0.1, 0.15) is 0 Å². The maximum absolute atomic E-state index is 13.3. The molecule has 1 heterocycles. The van der Waals surface area contributed by atoms with Gasteiger partial charge in [0.15, 0.2) is 0 Å². The summed E-state index contributed by atoms with van der Waals surface area (Å²) < 4.78 is 4.93. The van der Waals surface area contributed by atoms with E-state index in [-0.39, 0.29) is 21.4 Å². The third-order valence-electron chi connectivity index (χ3n) is 5.93. The molecule has 1 aliphatic heterocycles. The Balaban J connectivity index is 1.66. The number of nitrogens with zero attached hydrogens (tertiary/aromatic N) is 2. The Morgan fingerprint density at radius 1 is 1.13 bits per heavy atom. The quantitative estimate of drug-likeness (QED) is 0.363. The molecule has 5 nitrogen and oxygen atoms in total. The normalized spacial score (nSPS) is 20.1. The first-order chi connectivity index (χ1) is 14.5. The van der Waals surface area contributed by atoms with Crippen molar-refractivity contribution in [3.8, 4) is 0 Å². The van der Waals surface area contributed by atoms with Gasteiger partial charge in [0.25, 0.3) is 0 Å². The standard InChI is InChI=1S/C24H29N2O3.Pb/c1-25(15-13-19-9-5-3-6-10-19)21-14-16-26(22(18-21)24(28)29-2)23(27)17-20-11-7-4-8-12-20;/h3-12,17,21-22H,13-16,18H2,1-2H3;. The number of hydrogen-bond acceptors (Lipinski definition) is 4. The Morgan fingerprint density at radius 2 is 1.77 bits per heavy atom. The molecule has 3 unspecified atom stereocenters. The zero-order valence-electron chi connectivity index (χ0n) is 17.7. The summed E-state index contributed by atoms with van der Waals surface area (Å²) in [5, 5.41) is 0. The Morgan fingerprint density at radius 3 is 2.40 bits per heavy atom. The van der Waals surface area contributed by atoms with Crippen LogP contribution in [0, 0.1) is 0 Å². The monoisotopic (exact) mass is 601 g/mol. The average molecular weight is 601 g/mol. The Hall–Kier alpha value is -1.74. The van der Waals surface area contributed by atoms with E-state index in [9.17, 15) is 9.59 Å². The van der Waals surface area contributed by atoms with Crippen LogP contribution in [0.5, 0.6) is 0 Å². The molecule has 3 radical (unpaired) electrons. The number of piperidine rings is 1. The molecule has 0 saturated carbocycles. The van der Waals surface area contributed by atoms with E-state index in [0.29, 0.717) is 38.7 Å².